The summed E-state index contributed by atoms with van der Waals surface area (Å²) in [6.07, 6.45) is 2.06. The van der Waals surface area contributed by atoms with E-state index in [1.807, 2.05) is 6.92 Å². The maximum absolute atomic E-state index is 11.9. The van der Waals surface area contributed by atoms with Crippen molar-refractivity contribution >= 4 is 17.5 Å². The Balaban J connectivity index is 1.93. The first-order valence-electron chi connectivity index (χ1n) is 5.56. The predicted octanol–water partition coefficient (Wildman–Crippen LogP) is 1.74. The van der Waals surface area contributed by atoms with Crippen LogP contribution in [0.5, 0.6) is 0 Å². The Labute approximate surface area is 110 Å². The van der Waals surface area contributed by atoms with E-state index in [0.29, 0.717) is 23.6 Å². The van der Waals surface area contributed by atoms with E-state index >= 15 is 0 Å². The Morgan fingerprint density at radius 3 is 3.06 bits per heavy atom. The second-order valence-electron chi connectivity index (χ2n) is 3.85. The highest BCUT2D eigenvalue weighted by Gasteiger charge is 2.10. The van der Waals surface area contributed by atoms with Gasteiger partial charge in [0.25, 0.3) is 5.91 Å². The average Bonchev–Trinajstić information content (AvgIpc) is 2.85. The zero-order valence-corrected chi connectivity index (χ0v) is 10.7. The van der Waals surface area contributed by atoms with Crippen LogP contribution in [-0.2, 0) is 6.42 Å². The summed E-state index contributed by atoms with van der Waals surface area (Å²) >= 11 is 5.97. The van der Waals surface area contributed by atoms with E-state index in [2.05, 4.69) is 20.5 Å². The number of halogens is 1. The predicted molar refractivity (Wildman–Crippen MR) is 68.6 cm³/mol. The number of hydrogen-bond acceptors (Lipinski definition) is 3. The number of carbonyl (C=O) groups is 1. The molecule has 1 aromatic heterocycles. The number of nitrogens with one attached hydrogen (secondary N) is 2. The number of nitrogens with zero attached hydrogens (tertiary/aromatic N) is 2. The van der Waals surface area contributed by atoms with E-state index in [1.165, 1.54) is 6.33 Å². The minimum Gasteiger partial charge on any atom is -0.352 e. The van der Waals surface area contributed by atoms with Crippen molar-refractivity contribution in [3.8, 4) is 0 Å². The van der Waals surface area contributed by atoms with Gasteiger partial charge in [-0.2, -0.15) is 5.10 Å². The van der Waals surface area contributed by atoms with Gasteiger partial charge in [-0.25, -0.2) is 4.98 Å². The van der Waals surface area contributed by atoms with Crippen LogP contribution in [0.3, 0.4) is 0 Å². The number of benzene rings is 1. The molecule has 6 heteroatoms. The molecule has 0 radical (unpaired) electrons. The van der Waals surface area contributed by atoms with E-state index in [1.54, 1.807) is 18.2 Å². The average molecular weight is 265 g/mol. The lowest BCUT2D eigenvalue weighted by atomic mass is 10.1. The van der Waals surface area contributed by atoms with Crippen LogP contribution in [0.2, 0.25) is 5.02 Å². The van der Waals surface area contributed by atoms with E-state index in [4.69, 9.17) is 11.6 Å². The summed E-state index contributed by atoms with van der Waals surface area (Å²) in [5.41, 5.74) is 1.39. The van der Waals surface area contributed by atoms with Crippen LogP contribution in [-0.4, -0.2) is 27.6 Å². The van der Waals surface area contributed by atoms with Gasteiger partial charge in [0.2, 0.25) is 0 Å². The van der Waals surface area contributed by atoms with Crippen molar-refractivity contribution in [3.05, 3.63) is 46.5 Å². The van der Waals surface area contributed by atoms with Crippen molar-refractivity contribution < 1.29 is 4.79 Å². The standard InChI is InChI=1S/C12H13ClN4O/c1-8-9(3-2-4-10(8)13)12(18)14-6-5-11-15-7-16-17-11/h2-4,7H,5-6H2,1H3,(H,14,18)(H,15,16,17). The molecule has 2 N–H and O–H groups in total. The second kappa shape index (κ2) is 5.64. The van der Waals surface area contributed by atoms with Crippen LogP contribution in [0.4, 0.5) is 0 Å². The third-order valence-corrected chi connectivity index (χ3v) is 3.03. The molecule has 0 saturated carbocycles. The molecule has 2 aromatic rings. The van der Waals surface area contributed by atoms with Gasteiger partial charge in [-0.3, -0.25) is 9.89 Å². The van der Waals surface area contributed by atoms with Gasteiger partial charge >= 0.3 is 0 Å². The quantitative estimate of drug-likeness (QED) is 0.884. The molecule has 1 aromatic carbocycles. The zero-order chi connectivity index (χ0) is 13.0. The number of aromatic amines is 1. The van der Waals surface area contributed by atoms with Crippen molar-refractivity contribution in [2.75, 3.05) is 6.54 Å². The monoisotopic (exact) mass is 264 g/mol. The molecule has 0 saturated heterocycles. The van der Waals surface area contributed by atoms with Crippen LogP contribution in [0.15, 0.2) is 24.5 Å². The van der Waals surface area contributed by atoms with Gasteiger partial charge in [-0.15, -0.1) is 0 Å². The number of rotatable bonds is 4. The molecule has 94 valence electrons. The van der Waals surface area contributed by atoms with Crippen LogP contribution < -0.4 is 5.32 Å². The van der Waals surface area contributed by atoms with Crippen LogP contribution in [0.1, 0.15) is 21.7 Å². The van der Waals surface area contributed by atoms with Gasteiger partial charge < -0.3 is 5.32 Å². The summed E-state index contributed by atoms with van der Waals surface area (Å²) in [5.74, 6) is 0.618. The maximum Gasteiger partial charge on any atom is 0.251 e. The molecular formula is C12H13ClN4O. The highest BCUT2D eigenvalue weighted by Crippen LogP contribution is 2.18. The third kappa shape index (κ3) is 2.87. The van der Waals surface area contributed by atoms with Crippen molar-refractivity contribution in [1.29, 1.82) is 0 Å². The topological polar surface area (TPSA) is 70.7 Å². The Bertz CT molecular complexity index is 539. The molecule has 0 aliphatic rings. The molecular weight excluding hydrogens is 252 g/mol. The number of amides is 1. The Kier molecular flexibility index (Phi) is 3.94. The minimum atomic E-state index is -0.130. The first kappa shape index (κ1) is 12.6. The fourth-order valence-electron chi connectivity index (χ4n) is 1.59. The van der Waals surface area contributed by atoms with Gasteiger partial charge in [0, 0.05) is 23.6 Å². The largest absolute Gasteiger partial charge is 0.352 e. The van der Waals surface area contributed by atoms with E-state index in [0.717, 1.165) is 11.4 Å². The van der Waals surface area contributed by atoms with E-state index < -0.39 is 0 Å². The first-order chi connectivity index (χ1) is 8.68. The van der Waals surface area contributed by atoms with Crippen LogP contribution >= 0.6 is 11.6 Å². The highest BCUT2D eigenvalue weighted by atomic mass is 35.5. The smallest absolute Gasteiger partial charge is 0.251 e. The number of carbonyl (C=O) groups excluding carboxylic acids is 1. The Morgan fingerprint density at radius 1 is 1.50 bits per heavy atom. The zero-order valence-electron chi connectivity index (χ0n) is 9.90. The van der Waals surface area contributed by atoms with Crippen LogP contribution in [0.25, 0.3) is 0 Å². The maximum atomic E-state index is 11.9. The molecule has 18 heavy (non-hydrogen) atoms. The van der Waals surface area contributed by atoms with Crippen molar-refractivity contribution in [3.63, 3.8) is 0 Å². The number of H-pyrrole nitrogens is 1. The molecule has 0 bridgehead atoms. The third-order valence-electron chi connectivity index (χ3n) is 2.62. The molecule has 0 unspecified atom stereocenters. The summed E-state index contributed by atoms with van der Waals surface area (Å²) in [6, 6.07) is 5.29. The normalized spacial score (nSPS) is 10.3. The SMILES string of the molecule is Cc1c(Cl)cccc1C(=O)NCCc1ncn[nH]1. The highest BCUT2D eigenvalue weighted by molar-refractivity contribution is 6.31. The summed E-state index contributed by atoms with van der Waals surface area (Å²) in [4.78, 5) is 15.9. The van der Waals surface area contributed by atoms with Crippen molar-refractivity contribution in [2.45, 2.75) is 13.3 Å². The number of hydrogen-bond donors (Lipinski definition) is 2. The van der Waals surface area contributed by atoms with Gasteiger partial charge in [0.1, 0.15) is 12.2 Å². The van der Waals surface area contributed by atoms with E-state index in [9.17, 15) is 4.79 Å². The molecule has 0 fully saturated rings. The Hall–Kier alpha value is -1.88. The molecule has 0 aliphatic heterocycles. The summed E-state index contributed by atoms with van der Waals surface area (Å²) < 4.78 is 0. The lowest BCUT2D eigenvalue weighted by Gasteiger charge is -2.07. The summed E-state index contributed by atoms with van der Waals surface area (Å²) in [7, 11) is 0. The lowest BCUT2D eigenvalue weighted by Crippen LogP contribution is -2.26. The lowest BCUT2D eigenvalue weighted by molar-refractivity contribution is 0.0953. The van der Waals surface area contributed by atoms with Crippen molar-refractivity contribution in [2.24, 2.45) is 0 Å². The molecule has 0 atom stereocenters. The fraction of sp³-hybridized carbons (Fsp3) is 0.250. The van der Waals surface area contributed by atoms with Crippen LogP contribution in [0, 0.1) is 6.92 Å². The van der Waals surface area contributed by atoms with Gasteiger partial charge in [0.05, 0.1) is 0 Å². The molecule has 2 rings (SSSR count). The first-order valence-corrected chi connectivity index (χ1v) is 5.94. The fourth-order valence-corrected chi connectivity index (χ4v) is 1.77. The minimum absolute atomic E-state index is 0.130. The molecule has 0 spiro atoms. The molecule has 1 amide bonds. The van der Waals surface area contributed by atoms with Gasteiger partial charge in [-0.05, 0) is 24.6 Å². The molecule has 1 heterocycles. The van der Waals surface area contributed by atoms with Crippen molar-refractivity contribution in [1.82, 2.24) is 20.5 Å². The summed E-state index contributed by atoms with van der Waals surface area (Å²) in [6.45, 7) is 2.33. The Morgan fingerprint density at radius 2 is 2.33 bits per heavy atom. The van der Waals surface area contributed by atoms with E-state index in [-0.39, 0.29) is 5.91 Å². The summed E-state index contributed by atoms with van der Waals surface area (Å²) in [5, 5.41) is 9.89. The van der Waals surface area contributed by atoms with Gasteiger partial charge in [-0.1, -0.05) is 17.7 Å². The van der Waals surface area contributed by atoms with Gasteiger partial charge in [0.15, 0.2) is 0 Å². The molecule has 5 nitrogen and oxygen atoms in total. The second-order valence-corrected chi connectivity index (χ2v) is 4.26. The molecule has 0 aliphatic carbocycles. The number of aromatic nitrogens is 3.